The van der Waals surface area contributed by atoms with E-state index in [0.717, 1.165) is 13.0 Å². The fourth-order valence-corrected chi connectivity index (χ4v) is 3.69. The first-order chi connectivity index (χ1) is 15.0. The standard InChI is InChI=1S/C22H30FN5O3/c1-3-27(4-2)21(30)16-26-12-5-13-28(15-14-26)20(29)11-10-19-24-22(25-31-19)17-6-8-18(23)9-7-17/h6-9H,3-5,10-16H2,1-2H3. The summed E-state index contributed by atoms with van der Waals surface area (Å²) >= 11 is 0. The number of aryl methyl sites for hydroxylation is 1. The van der Waals surface area contributed by atoms with Crippen LogP contribution >= 0.6 is 0 Å². The molecule has 3 rings (SSSR count). The number of hydrogen-bond donors (Lipinski definition) is 0. The Bertz CT molecular complexity index is 866. The molecular formula is C22H30FN5O3. The average molecular weight is 432 g/mol. The van der Waals surface area contributed by atoms with E-state index in [9.17, 15) is 14.0 Å². The molecule has 1 aliphatic heterocycles. The van der Waals surface area contributed by atoms with Crippen LogP contribution in [0.2, 0.25) is 0 Å². The number of amides is 2. The van der Waals surface area contributed by atoms with Gasteiger partial charge in [0.25, 0.3) is 0 Å². The number of carbonyl (C=O) groups excluding carboxylic acids is 2. The molecule has 31 heavy (non-hydrogen) atoms. The van der Waals surface area contributed by atoms with E-state index in [1.165, 1.54) is 12.1 Å². The third kappa shape index (κ3) is 6.33. The van der Waals surface area contributed by atoms with Crippen LogP contribution in [0.4, 0.5) is 4.39 Å². The van der Waals surface area contributed by atoms with Crippen LogP contribution in [-0.4, -0.2) is 82.5 Å². The van der Waals surface area contributed by atoms with Gasteiger partial charge < -0.3 is 14.3 Å². The largest absolute Gasteiger partial charge is 0.342 e. The third-order valence-corrected chi connectivity index (χ3v) is 5.54. The Morgan fingerprint density at radius 1 is 1.10 bits per heavy atom. The van der Waals surface area contributed by atoms with Gasteiger partial charge in [0.05, 0.1) is 6.54 Å². The van der Waals surface area contributed by atoms with Gasteiger partial charge in [-0.05, 0) is 44.5 Å². The molecule has 0 bridgehead atoms. The van der Waals surface area contributed by atoms with Crippen molar-refractivity contribution < 1.29 is 18.5 Å². The fourth-order valence-electron chi connectivity index (χ4n) is 3.69. The van der Waals surface area contributed by atoms with Crippen molar-refractivity contribution in [1.82, 2.24) is 24.8 Å². The van der Waals surface area contributed by atoms with E-state index in [-0.39, 0.29) is 24.1 Å². The molecule has 0 spiro atoms. The molecule has 1 aliphatic rings. The molecule has 0 unspecified atom stereocenters. The summed E-state index contributed by atoms with van der Waals surface area (Å²) in [6.45, 7) is 8.58. The summed E-state index contributed by atoms with van der Waals surface area (Å²) in [4.78, 5) is 35.1. The molecule has 9 heteroatoms. The SMILES string of the molecule is CCN(CC)C(=O)CN1CCCN(C(=O)CCc2nc(-c3ccc(F)cc3)no2)CC1. The molecule has 0 aliphatic carbocycles. The van der Waals surface area contributed by atoms with Crippen molar-refractivity contribution >= 4 is 11.8 Å². The molecule has 0 radical (unpaired) electrons. The lowest BCUT2D eigenvalue weighted by Gasteiger charge is -2.25. The molecule has 2 amide bonds. The highest BCUT2D eigenvalue weighted by molar-refractivity contribution is 5.78. The number of halogens is 1. The molecule has 0 saturated carbocycles. The minimum absolute atomic E-state index is 0.0402. The lowest BCUT2D eigenvalue weighted by atomic mass is 10.2. The second-order valence-electron chi connectivity index (χ2n) is 7.60. The smallest absolute Gasteiger partial charge is 0.236 e. The van der Waals surface area contributed by atoms with E-state index in [0.29, 0.717) is 63.0 Å². The Labute approximate surface area is 182 Å². The van der Waals surface area contributed by atoms with Gasteiger partial charge in [-0.15, -0.1) is 0 Å². The minimum atomic E-state index is -0.327. The van der Waals surface area contributed by atoms with E-state index in [4.69, 9.17) is 4.52 Å². The Balaban J connectivity index is 1.47. The lowest BCUT2D eigenvalue weighted by Crippen LogP contribution is -2.42. The summed E-state index contributed by atoms with van der Waals surface area (Å²) < 4.78 is 18.3. The molecule has 1 saturated heterocycles. The van der Waals surface area contributed by atoms with Crippen molar-refractivity contribution in [3.8, 4) is 11.4 Å². The highest BCUT2D eigenvalue weighted by Crippen LogP contribution is 2.17. The Hall–Kier alpha value is -2.81. The molecule has 2 heterocycles. The van der Waals surface area contributed by atoms with E-state index in [1.54, 1.807) is 12.1 Å². The number of carbonyl (C=O) groups is 2. The second kappa shape index (κ2) is 11.0. The van der Waals surface area contributed by atoms with Crippen LogP contribution in [0.1, 0.15) is 32.6 Å². The number of hydrogen-bond acceptors (Lipinski definition) is 6. The second-order valence-corrected chi connectivity index (χ2v) is 7.60. The molecular weight excluding hydrogens is 401 g/mol. The first-order valence-electron chi connectivity index (χ1n) is 10.9. The maximum absolute atomic E-state index is 13.0. The van der Waals surface area contributed by atoms with Gasteiger partial charge in [0.15, 0.2) is 0 Å². The van der Waals surface area contributed by atoms with Gasteiger partial charge in [0, 0.05) is 57.7 Å². The number of nitrogens with zero attached hydrogens (tertiary/aromatic N) is 5. The molecule has 8 nitrogen and oxygen atoms in total. The highest BCUT2D eigenvalue weighted by Gasteiger charge is 2.22. The zero-order chi connectivity index (χ0) is 22.2. The number of rotatable bonds is 8. The summed E-state index contributed by atoms with van der Waals surface area (Å²) in [5, 5.41) is 3.91. The molecule has 2 aromatic rings. The van der Waals surface area contributed by atoms with Gasteiger partial charge in [-0.3, -0.25) is 14.5 Å². The molecule has 1 fully saturated rings. The third-order valence-electron chi connectivity index (χ3n) is 5.54. The summed E-state index contributed by atoms with van der Waals surface area (Å²) in [6.07, 6.45) is 1.48. The van der Waals surface area contributed by atoms with Crippen LogP contribution in [0.25, 0.3) is 11.4 Å². The Morgan fingerprint density at radius 2 is 1.84 bits per heavy atom. The monoisotopic (exact) mass is 431 g/mol. The zero-order valence-corrected chi connectivity index (χ0v) is 18.2. The topological polar surface area (TPSA) is 82.8 Å². The number of aromatic nitrogens is 2. The van der Waals surface area contributed by atoms with Gasteiger partial charge in [0.2, 0.25) is 23.5 Å². The predicted octanol–water partition coefficient (Wildman–Crippen LogP) is 2.21. The maximum Gasteiger partial charge on any atom is 0.236 e. The lowest BCUT2D eigenvalue weighted by molar-refractivity contribution is -0.132. The molecule has 168 valence electrons. The van der Waals surface area contributed by atoms with Crippen molar-refractivity contribution in [2.45, 2.75) is 33.1 Å². The fraction of sp³-hybridized carbons (Fsp3) is 0.545. The van der Waals surface area contributed by atoms with Crippen LogP contribution in [0.15, 0.2) is 28.8 Å². The Morgan fingerprint density at radius 3 is 2.55 bits per heavy atom. The number of likely N-dealkylation sites (N-methyl/N-ethyl adjacent to an activating group) is 1. The van der Waals surface area contributed by atoms with Crippen molar-refractivity contribution in [3.63, 3.8) is 0 Å². The van der Waals surface area contributed by atoms with Crippen LogP contribution in [0.3, 0.4) is 0 Å². The van der Waals surface area contributed by atoms with E-state index in [1.807, 2.05) is 23.6 Å². The van der Waals surface area contributed by atoms with E-state index < -0.39 is 0 Å². The van der Waals surface area contributed by atoms with Gasteiger partial charge in [-0.1, -0.05) is 5.16 Å². The van der Waals surface area contributed by atoms with Crippen LogP contribution in [0, 0.1) is 5.82 Å². The number of benzene rings is 1. The van der Waals surface area contributed by atoms with Gasteiger partial charge in [-0.25, -0.2) is 4.39 Å². The first-order valence-corrected chi connectivity index (χ1v) is 10.9. The van der Waals surface area contributed by atoms with E-state index >= 15 is 0 Å². The highest BCUT2D eigenvalue weighted by atomic mass is 19.1. The maximum atomic E-state index is 13.0. The minimum Gasteiger partial charge on any atom is -0.342 e. The summed E-state index contributed by atoms with van der Waals surface area (Å²) in [5.74, 6) is 0.614. The Kier molecular flexibility index (Phi) is 8.11. The normalized spacial score (nSPS) is 15.0. The quantitative estimate of drug-likeness (QED) is 0.637. The summed E-state index contributed by atoms with van der Waals surface area (Å²) in [5.41, 5.74) is 0.662. The van der Waals surface area contributed by atoms with Crippen molar-refractivity contribution in [2.24, 2.45) is 0 Å². The molecule has 0 atom stereocenters. The zero-order valence-electron chi connectivity index (χ0n) is 18.2. The van der Waals surface area contributed by atoms with Crippen LogP contribution in [-0.2, 0) is 16.0 Å². The first kappa shape index (κ1) is 22.9. The molecule has 1 aromatic heterocycles. The van der Waals surface area contributed by atoms with E-state index in [2.05, 4.69) is 15.0 Å². The van der Waals surface area contributed by atoms with Gasteiger partial charge >= 0.3 is 0 Å². The van der Waals surface area contributed by atoms with Crippen molar-refractivity contribution in [1.29, 1.82) is 0 Å². The molecule has 1 aromatic carbocycles. The predicted molar refractivity (Wildman–Crippen MR) is 114 cm³/mol. The van der Waals surface area contributed by atoms with Crippen molar-refractivity contribution in [3.05, 3.63) is 36.0 Å². The van der Waals surface area contributed by atoms with Crippen LogP contribution in [0.5, 0.6) is 0 Å². The molecule has 0 N–H and O–H groups in total. The summed E-state index contributed by atoms with van der Waals surface area (Å²) in [6, 6.07) is 5.85. The van der Waals surface area contributed by atoms with Crippen molar-refractivity contribution in [2.75, 3.05) is 45.8 Å². The average Bonchev–Trinajstić information content (AvgIpc) is 3.12. The van der Waals surface area contributed by atoms with Gasteiger partial charge in [0.1, 0.15) is 5.82 Å². The van der Waals surface area contributed by atoms with Gasteiger partial charge in [-0.2, -0.15) is 4.98 Å². The van der Waals surface area contributed by atoms with Crippen LogP contribution < -0.4 is 0 Å². The summed E-state index contributed by atoms with van der Waals surface area (Å²) in [7, 11) is 0.